The maximum atomic E-state index is 10.7. The Labute approximate surface area is 126 Å². The number of amides is 1. The summed E-state index contributed by atoms with van der Waals surface area (Å²) in [6, 6.07) is 7.49. The highest BCUT2D eigenvalue weighted by atomic mass is 79.9. The van der Waals surface area contributed by atoms with Crippen molar-refractivity contribution in [1.82, 2.24) is 9.90 Å². The molecule has 0 aliphatic heterocycles. The third kappa shape index (κ3) is 3.47. The third-order valence-electron chi connectivity index (χ3n) is 2.29. The van der Waals surface area contributed by atoms with E-state index in [4.69, 9.17) is 10.6 Å². The molecule has 102 valence electrons. The van der Waals surface area contributed by atoms with E-state index in [1.54, 1.807) is 0 Å². The first-order chi connectivity index (χ1) is 9.60. The average molecular weight is 355 g/mol. The number of nitrogens with zero attached hydrogens (tertiary/aromatic N) is 3. The molecule has 0 spiro atoms. The van der Waals surface area contributed by atoms with Crippen LogP contribution in [0.5, 0.6) is 0 Å². The second-order valence-electron chi connectivity index (χ2n) is 3.63. The number of aromatic nitrogens is 1. The molecule has 0 atom stereocenters. The van der Waals surface area contributed by atoms with Crippen molar-refractivity contribution < 1.29 is 9.90 Å². The van der Waals surface area contributed by atoms with Gasteiger partial charge in [-0.2, -0.15) is 0 Å². The zero-order valence-corrected chi connectivity index (χ0v) is 12.4. The summed E-state index contributed by atoms with van der Waals surface area (Å²) < 4.78 is 0.892. The van der Waals surface area contributed by atoms with E-state index in [0.717, 1.165) is 14.9 Å². The molecule has 20 heavy (non-hydrogen) atoms. The molecule has 0 bridgehead atoms. The van der Waals surface area contributed by atoms with Gasteiger partial charge in [0.1, 0.15) is 10.6 Å². The van der Waals surface area contributed by atoms with Gasteiger partial charge in [-0.25, -0.2) is 9.78 Å². The van der Waals surface area contributed by atoms with Gasteiger partial charge in [0.2, 0.25) is 4.91 Å². The quantitative estimate of drug-likeness (QED) is 0.574. The van der Waals surface area contributed by atoms with Crippen LogP contribution in [0.2, 0.25) is 0 Å². The topological polar surface area (TPSA) is 113 Å². The molecule has 0 fully saturated rings. The van der Waals surface area contributed by atoms with Gasteiger partial charge in [-0.15, -0.1) is 0 Å². The number of benzene rings is 1. The Morgan fingerprint density at radius 3 is 3.05 bits per heavy atom. The summed E-state index contributed by atoms with van der Waals surface area (Å²) in [6.45, 7) is 0.185. The van der Waals surface area contributed by atoms with Crippen molar-refractivity contribution in [2.75, 3.05) is 5.32 Å². The van der Waals surface area contributed by atoms with Crippen molar-refractivity contribution in [3.8, 4) is 11.3 Å². The Hall–Kier alpha value is -2.09. The lowest BCUT2D eigenvalue weighted by atomic mass is 10.1. The van der Waals surface area contributed by atoms with Gasteiger partial charge in [0, 0.05) is 10.0 Å². The first-order valence-corrected chi connectivity index (χ1v) is 7.00. The molecule has 1 aromatic carbocycles. The van der Waals surface area contributed by atoms with E-state index in [1.807, 2.05) is 24.3 Å². The molecule has 0 aliphatic carbocycles. The Bertz CT molecular complexity index is 696. The van der Waals surface area contributed by atoms with E-state index < -0.39 is 6.09 Å². The van der Waals surface area contributed by atoms with Gasteiger partial charge in [0.25, 0.3) is 0 Å². The molecule has 1 amide bonds. The minimum Gasteiger partial charge on any atom is -0.465 e. The van der Waals surface area contributed by atoms with Crippen LogP contribution in [0, 0.1) is 5.53 Å². The minimum absolute atomic E-state index is 0.185. The summed E-state index contributed by atoms with van der Waals surface area (Å²) in [5.41, 5.74) is 8.18. The van der Waals surface area contributed by atoms with E-state index in [1.165, 1.54) is 11.3 Å². The van der Waals surface area contributed by atoms with Crippen molar-refractivity contribution >= 4 is 38.5 Å². The fourth-order valence-corrected chi connectivity index (χ4v) is 2.86. The zero-order valence-electron chi connectivity index (χ0n) is 10.00. The summed E-state index contributed by atoms with van der Waals surface area (Å²) in [7, 11) is 0. The molecule has 0 unspecified atom stereocenters. The van der Waals surface area contributed by atoms with Crippen molar-refractivity contribution in [2.45, 2.75) is 6.54 Å². The van der Waals surface area contributed by atoms with Crippen LogP contribution < -0.4 is 10.2 Å². The Balaban J connectivity index is 2.45. The number of halogens is 1. The lowest BCUT2D eigenvalue weighted by molar-refractivity contribution is 0.209. The highest BCUT2D eigenvalue weighted by Gasteiger charge is 2.15. The first-order valence-electron chi connectivity index (χ1n) is 5.39. The Morgan fingerprint density at radius 1 is 1.60 bits per heavy atom. The molecule has 1 heterocycles. The highest BCUT2D eigenvalue weighted by Crippen LogP contribution is 2.32. The van der Waals surface area contributed by atoms with Crippen LogP contribution in [0.4, 0.5) is 9.93 Å². The lowest BCUT2D eigenvalue weighted by Gasteiger charge is -1.99. The molecular formula is C11H9BrN5O2S+. The van der Waals surface area contributed by atoms with E-state index in [0.29, 0.717) is 5.69 Å². The molecular weight excluding hydrogens is 346 g/mol. The van der Waals surface area contributed by atoms with Crippen LogP contribution >= 0.6 is 27.3 Å². The van der Waals surface area contributed by atoms with E-state index in [-0.39, 0.29) is 11.7 Å². The van der Waals surface area contributed by atoms with Gasteiger partial charge in [0.15, 0.2) is 11.7 Å². The first kappa shape index (κ1) is 14.3. The molecule has 9 heteroatoms. The van der Waals surface area contributed by atoms with Crippen LogP contribution in [0.1, 0.15) is 4.88 Å². The number of anilines is 1. The molecule has 0 aliphatic rings. The summed E-state index contributed by atoms with van der Waals surface area (Å²) in [4.78, 5) is 18.6. The number of nitrogens with one attached hydrogen (secondary N) is 2. The average Bonchev–Trinajstić information content (AvgIpc) is 2.78. The van der Waals surface area contributed by atoms with Gasteiger partial charge in [0.05, 0.1) is 10.6 Å². The number of carbonyl (C=O) groups is 1. The van der Waals surface area contributed by atoms with Crippen LogP contribution in [-0.2, 0) is 6.54 Å². The largest absolute Gasteiger partial charge is 0.465 e. The number of hydrogen-bond donors (Lipinski definition) is 3. The Kier molecular flexibility index (Phi) is 4.57. The number of thiazole rings is 1. The molecule has 2 rings (SSSR count). The van der Waals surface area contributed by atoms with Crippen LogP contribution in [0.3, 0.4) is 0 Å². The van der Waals surface area contributed by atoms with Crippen molar-refractivity contribution in [3.05, 3.63) is 33.6 Å². The summed E-state index contributed by atoms with van der Waals surface area (Å²) in [6.07, 6.45) is -1.17. The maximum Gasteiger partial charge on any atom is 0.410 e. The molecule has 0 saturated carbocycles. The van der Waals surface area contributed by atoms with Crippen molar-refractivity contribution in [3.63, 3.8) is 0 Å². The Morgan fingerprint density at radius 2 is 2.40 bits per heavy atom. The SMILES string of the molecule is N=[N+]=NCc1sc(NC(=O)O)nc1-c1cccc(Br)c1. The minimum atomic E-state index is -1.17. The van der Waals surface area contributed by atoms with Crippen molar-refractivity contribution in [1.29, 1.82) is 5.53 Å². The predicted octanol–water partition coefficient (Wildman–Crippen LogP) is 3.71. The molecule has 2 aromatic rings. The monoisotopic (exact) mass is 354 g/mol. The van der Waals surface area contributed by atoms with Gasteiger partial charge in [-0.1, -0.05) is 39.4 Å². The van der Waals surface area contributed by atoms with Gasteiger partial charge >= 0.3 is 6.09 Å². The smallest absolute Gasteiger partial charge is 0.410 e. The molecule has 1 aromatic heterocycles. The predicted molar refractivity (Wildman–Crippen MR) is 77.9 cm³/mol. The third-order valence-corrected chi connectivity index (χ3v) is 3.74. The fraction of sp³-hybridized carbons (Fsp3) is 0.0909. The van der Waals surface area contributed by atoms with Crippen LogP contribution in [0.15, 0.2) is 33.9 Å². The number of carboxylic acid groups (broad SMARTS) is 1. The normalized spacial score (nSPS) is 9.85. The molecule has 3 N–H and O–H groups in total. The van der Waals surface area contributed by atoms with Gasteiger partial charge in [-0.05, 0) is 12.1 Å². The highest BCUT2D eigenvalue weighted by molar-refractivity contribution is 9.10. The summed E-state index contributed by atoms with van der Waals surface area (Å²) >= 11 is 4.55. The summed E-state index contributed by atoms with van der Waals surface area (Å²) in [5, 5.41) is 14.8. The zero-order chi connectivity index (χ0) is 14.5. The number of hydrogen-bond acceptors (Lipinski definition) is 5. The summed E-state index contributed by atoms with van der Waals surface area (Å²) in [5.74, 6) is 0. The lowest BCUT2D eigenvalue weighted by Crippen LogP contribution is -2.06. The fourth-order valence-electron chi connectivity index (χ4n) is 1.56. The van der Waals surface area contributed by atoms with E-state index >= 15 is 0 Å². The van der Waals surface area contributed by atoms with E-state index in [2.05, 4.69) is 36.3 Å². The van der Waals surface area contributed by atoms with Crippen LogP contribution in [-0.4, -0.2) is 16.2 Å². The van der Waals surface area contributed by atoms with Gasteiger partial charge < -0.3 is 5.11 Å². The molecule has 0 saturated heterocycles. The van der Waals surface area contributed by atoms with Gasteiger partial charge in [-0.3, -0.25) is 5.32 Å². The maximum absolute atomic E-state index is 10.7. The molecule has 0 radical (unpaired) electrons. The molecule has 7 nitrogen and oxygen atoms in total. The second-order valence-corrected chi connectivity index (χ2v) is 5.63. The standard InChI is InChI=1S/C11H8BrN5O2S/c12-7-3-1-2-6(4-7)9-8(5-14-17-13)20-10(15-9)16-11(18)19/h1-4,13H,5H2,(H-,15,16,18,19)/p+1. The second kappa shape index (κ2) is 6.38. The number of rotatable bonds is 4. The van der Waals surface area contributed by atoms with Crippen LogP contribution in [0.25, 0.3) is 11.3 Å². The van der Waals surface area contributed by atoms with Crippen molar-refractivity contribution in [2.24, 2.45) is 5.11 Å². The van der Waals surface area contributed by atoms with E-state index in [9.17, 15) is 4.79 Å².